The number of carbonyl (C=O) groups is 1. The van der Waals surface area contributed by atoms with E-state index in [9.17, 15) is 9.90 Å². The third kappa shape index (κ3) is 2.72. The van der Waals surface area contributed by atoms with Gasteiger partial charge in [0.1, 0.15) is 5.75 Å². The van der Waals surface area contributed by atoms with Crippen LogP contribution in [-0.2, 0) is 0 Å². The summed E-state index contributed by atoms with van der Waals surface area (Å²) in [4.78, 5) is 23.2. The minimum absolute atomic E-state index is 0.227. The molecule has 128 valence electrons. The van der Waals surface area contributed by atoms with Crippen LogP contribution in [0.25, 0.3) is 5.65 Å². The van der Waals surface area contributed by atoms with Gasteiger partial charge in [-0.15, -0.1) is 0 Å². The van der Waals surface area contributed by atoms with Crippen LogP contribution in [0.5, 0.6) is 5.75 Å². The van der Waals surface area contributed by atoms with Gasteiger partial charge in [-0.05, 0) is 24.1 Å². The molecule has 2 atom stereocenters. The highest BCUT2D eigenvalue weighted by molar-refractivity contribution is 5.98. The highest BCUT2D eigenvalue weighted by Crippen LogP contribution is 2.34. The van der Waals surface area contributed by atoms with Crippen LogP contribution in [0.4, 0.5) is 0 Å². The van der Waals surface area contributed by atoms with Gasteiger partial charge in [-0.2, -0.15) is 0 Å². The van der Waals surface area contributed by atoms with Gasteiger partial charge >= 0.3 is 0 Å². The Labute approximate surface area is 144 Å². The molecule has 25 heavy (non-hydrogen) atoms. The number of aliphatic hydroxyl groups excluding tert-OH is 1. The van der Waals surface area contributed by atoms with E-state index < -0.39 is 6.10 Å². The van der Waals surface area contributed by atoms with E-state index in [0.717, 1.165) is 11.3 Å². The number of methoxy groups -OCH3 is 1. The SMILES string of the molecule is COc1cccc([C@H]2C[C@@H](O)CN2C(=O)c2nccn3ccnc23)c1. The number of rotatable bonds is 3. The van der Waals surface area contributed by atoms with Gasteiger partial charge in [0.15, 0.2) is 11.3 Å². The molecule has 0 bridgehead atoms. The van der Waals surface area contributed by atoms with Crippen molar-refractivity contribution in [2.75, 3.05) is 13.7 Å². The van der Waals surface area contributed by atoms with E-state index in [1.165, 1.54) is 0 Å². The van der Waals surface area contributed by atoms with Gasteiger partial charge in [0.2, 0.25) is 0 Å². The van der Waals surface area contributed by atoms with Crippen LogP contribution >= 0.6 is 0 Å². The second-order valence-electron chi connectivity index (χ2n) is 6.07. The zero-order valence-corrected chi connectivity index (χ0v) is 13.7. The molecule has 1 amide bonds. The van der Waals surface area contributed by atoms with Crippen molar-refractivity contribution in [2.24, 2.45) is 0 Å². The first kappa shape index (κ1) is 15.6. The molecule has 0 radical (unpaired) electrons. The zero-order chi connectivity index (χ0) is 17.4. The molecule has 3 aromatic rings. The minimum Gasteiger partial charge on any atom is -0.497 e. The number of imidazole rings is 1. The first-order valence-corrected chi connectivity index (χ1v) is 8.08. The van der Waals surface area contributed by atoms with Gasteiger partial charge in [0, 0.05) is 31.3 Å². The van der Waals surface area contributed by atoms with Gasteiger partial charge in [0.25, 0.3) is 5.91 Å². The van der Waals surface area contributed by atoms with E-state index in [-0.39, 0.29) is 24.2 Å². The van der Waals surface area contributed by atoms with Crippen molar-refractivity contribution in [1.29, 1.82) is 0 Å². The Balaban J connectivity index is 1.72. The van der Waals surface area contributed by atoms with E-state index in [4.69, 9.17) is 4.74 Å². The maximum absolute atomic E-state index is 13.1. The molecule has 1 saturated heterocycles. The van der Waals surface area contributed by atoms with Gasteiger partial charge in [-0.3, -0.25) is 4.79 Å². The van der Waals surface area contributed by atoms with Crippen molar-refractivity contribution in [3.63, 3.8) is 0 Å². The number of hydrogen-bond acceptors (Lipinski definition) is 5. The topological polar surface area (TPSA) is 80.0 Å². The first-order valence-electron chi connectivity index (χ1n) is 8.08. The van der Waals surface area contributed by atoms with E-state index in [2.05, 4.69) is 9.97 Å². The molecule has 0 saturated carbocycles. The van der Waals surface area contributed by atoms with Crippen LogP contribution in [0.2, 0.25) is 0 Å². The van der Waals surface area contributed by atoms with E-state index in [1.807, 2.05) is 24.3 Å². The smallest absolute Gasteiger partial charge is 0.276 e. The average molecular weight is 338 g/mol. The lowest BCUT2D eigenvalue weighted by Gasteiger charge is -2.24. The quantitative estimate of drug-likeness (QED) is 0.786. The Morgan fingerprint density at radius 1 is 1.28 bits per heavy atom. The fourth-order valence-corrected chi connectivity index (χ4v) is 3.34. The van der Waals surface area contributed by atoms with Crippen molar-refractivity contribution in [2.45, 2.75) is 18.6 Å². The Morgan fingerprint density at radius 3 is 2.88 bits per heavy atom. The fraction of sp³-hybridized carbons (Fsp3) is 0.278. The maximum Gasteiger partial charge on any atom is 0.276 e. The number of aliphatic hydroxyl groups is 1. The van der Waals surface area contributed by atoms with Gasteiger partial charge in [-0.1, -0.05) is 12.1 Å². The number of likely N-dealkylation sites (tertiary alicyclic amines) is 1. The van der Waals surface area contributed by atoms with Gasteiger partial charge in [-0.25, -0.2) is 9.97 Å². The first-order chi connectivity index (χ1) is 12.2. The van der Waals surface area contributed by atoms with Gasteiger partial charge < -0.3 is 19.1 Å². The predicted molar refractivity (Wildman–Crippen MR) is 90.4 cm³/mol. The molecule has 1 N–H and O–H groups in total. The molecule has 7 heteroatoms. The van der Waals surface area contributed by atoms with Crippen molar-refractivity contribution in [3.8, 4) is 5.75 Å². The summed E-state index contributed by atoms with van der Waals surface area (Å²) in [6, 6.07) is 7.35. The summed E-state index contributed by atoms with van der Waals surface area (Å²) in [6.45, 7) is 0.268. The number of amides is 1. The molecule has 0 unspecified atom stereocenters. The molecule has 1 aromatic carbocycles. The number of hydrogen-bond donors (Lipinski definition) is 1. The lowest BCUT2D eigenvalue weighted by molar-refractivity contribution is 0.0711. The molecule has 4 rings (SSSR count). The molecule has 0 spiro atoms. The third-order valence-electron chi connectivity index (χ3n) is 4.53. The lowest BCUT2D eigenvalue weighted by atomic mass is 10.0. The summed E-state index contributed by atoms with van der Waals surface area (Å²) < 4.78 is 7.03. The third-order valence-corrected chi connectivity index (χ3v) is 4.53. The fourth-order valence-electron chi connectivity index (χ4n) is 3.34. The number of ether oxygens (including phenoxy) is 1. The largest absolute Gasteiger partial charge is 0.497 e. The summed E-state index contributed by atoms with van der Waals surface area (Å²) in [6.07, 6.45) is 6.64. The van der Waals surface area contributed by atoms with Crippen LogP contribution < -0.4 is 4.74 Å². The Bertz CT molecular complexity index is 923. The second kappa shape index (κ2) is 6.18. The number of β-amino-alcohol motifs (C(OH)–C–C–N with tert-alkyl or cyclic N) is 1. The Kier molecular flexibility index (Phi) is 3.85. The number of nitrogens with zero attached hydrogens (tertiary/aromatic N) is 4. The molecular weight excluding hydrogens is 320 g/mol. The Hall–Kier alpha value is -2.93. The summed E-state index contributed by atoms with van der Waals surface area (Å²) in [5, 5.41) is 10.2. The van der Waals surface area contributed by atoms with Crippen LogP contribution in [0.15, 0.2) is 49.1 Å². The number of aromatic nitrogens is 3. The van der Waals surface area contributed by atoms with E-state index >= 15 is 0 Å². The van der Waals surface area contributed by atoms with Crippen molar-refractivity contribution in [1.82, 2.24) is 19.3 Å². The molecule has 2 aromatic heterocycles. The molecule has 1 aliphatic rings. The molecule has 3 heterocycles. The predicted octanol–water partition coefficient (Wildman–Crippen LogP) is 1.69. The maximum atomic E-state index is 13.1. The zero-order valence-electron chi connectivity index (χ0n) is 13.7. The van der Waals surface area contributed by atoms with Crippen LogP contribution in [0, 0.1) is 0 Å². The second-order valence-corrected chi connectivity index (χ2v) is 6.07. The standard InChI is InChI=1S/C18H18N4O3/c1-25-14-4-2-3-12(9-14)15-10-13(23)11-22(15)18(24)16-17-20-6-8-21(17)7-5-19-16/h2-9,13,15,23H,10-11H2,1H3/t13-,15-/m1/s1. The van der Waals surface area contributed by atoms with E-state index in [1.54, 1.807) is 41.2 Å². The van der Waals surface area contributed by atoms with Crippen molar-refractivity contribution >= 4 is 11.6 Å². The number of fused-ring (bicyclic) bond motifs is 1. The van der Waals surface area contributed by atoms with E-state index in [0.29, 0.717) is 12.1 Å². The molecule has 0 aliphatic carbocycles. The molecule has 7 nitrogen and oxygen atoms in total. The van der Waals surface area contributed by atoms with Crippen molar-refractivity contribution < 1.29 is 14.6 Å². The van der Waals surface area contributed by atoms with Crippen LogP contribution in [0.3, 0.4) is 0 Å². The summed E-state index contributed by atoms with van der Waals surface area (Å²) >= 11 is 0. The Morgan fingerprint density at radius 2 is 2.08 bits per heavy atom. The van der Waals surface area contributed by atoms with Gasteiger partial charge in [0.05, 0.1) is 19.3 Å². The monoisotopic (exact) mass is 338 g/mol. The highest BCUT2D eigenvalue weighted by Gasteiger charge is 2.37. The molecular formula is C18H18N4O3. The summed E-state index contributed by atoms with van der Waals surface area (Å²) in [7, 11) is 1.61. The molecule has 1 fully saturated rings. The highest BCUT2D eigenvalue weighted by atomic mass is 16.5. The average Bonchev–Trinajstić information content (AvgIpc) is 3.27. The summed E-state index contributed by atoms with van der Waals surface area (Å²) in [5.41, 5.74) is 1.73. The number of carbonyl (C=O) groups excluding carboxylic acids is 1. The molecule has 1 aliphatic heterocycles. The minimum atomic E-state index is -0.570. The van der Waals surface area contributed by atoms with Crippen LogP contribution in [0.1, 0.15) is 28.5 Å². The van der Waals surface area contributed by atoms with Crippen molar-refractivity contribution in [3.05, 3.63) is 60.3 Å². The number of benzene rings is 1. The normalized spacial score (nSPS) is 20.2. The van der Waals surface area contributed by atoms with Crippen LogP contribution in [-0.4, -0.2) is 50.0 Å². The summed E-state index contributed by atoms with van der Waals surface area (Å²) in [5.74, 6) is 0.487. The lowest BCUT2D eigenvalue weighted by Crippen LogP contribution is -2.32.